The third-order valence-electron chi connectivity index (χ3n) is 3.23. The van der Waals surface area contributed by atoms with Crippen LogP contribution in [-0.4, -0.2) is 10.7 Å². The van der Waals surface area contributed by atoms with Gasteiger partial charge in [-0.25, -0.2) is 0 Å². The van der Waals surface area contributed by atoms with Crippen LogP contribution in [0.5, 0.6) is 0 Å². The van der Waals surface area contributed by atoms with E-state index >= 15 is 0 Å². The van der Waals surface area contributed by atoms with Crippen molar-refractivity contribution in [1.82, 2.24) is 0 Å². The Bertz CT molecular complexity index is 575. The summed E-state index contributed by atoms with van der Waals surface area (Å²) in [6, 6.07) is 6.46. The Kier molecular flexibility index (Phi) is 3.88. The Hall–Kier alpha value is -2.17. The number of nitro groups is 1. The molecule has 0 spiro atoms. The van der Waals surface area contributed by atoms with Crippen molar-refractivity contribution < 1.29 is 14.5 Å². The van der Waals surface area contributed by atoms with Gasteiger partial charge in [-0.2, -0.15) is 0 Å². The lowest BCUT2D eigenvalue weighted by atomic mass is 9.79. The summed E-state index contributed by atoms with van der Waals surface area (Å²) in [7, 11) is 0. The number of allylic oxidation sites excluding steroid dienone is 2. The first kappa shape index (κ1) is 14.2. The number of carbonyl (C=O) groups excluding carboxylic acids is 1. The number of benzene rings is 1. The van der Waals surface area contributed by atoms with E-state index in [1.807, 2.05) is 13.8 Å². The van der Waals surface area contributed by atoms with Crippen LogP contribution in [0.4, 0.5) is 5.69 Å². The molecular formula is C15H17NO4. The van der Waals surface area contributed by atoms with E-state index in [0.717, 1.165) is 0 Å². The summed E-state index contributed by atoms with van der Waals surface area (Å²) >= 11 is 0. The number of ether oxygens (including phenoxy) is 1. The molecule has 5 heteroatoms. The summed E-state index contributed by atoms with van der Waals surface area (Å²) in [5.74, 6) is 0.642. The zero-order chi connectivity index (χ0) is 14.8. The molecule has 5 nitrogen and oxygen atoms in total. The number of hydrogen-bond donors (Lipinski definition) is 0. The van der Waals surface area contributed by atoms with E-state index in [1.165, 1.54) is 12.1 Å². The van der Waals surface area contributed by atoms with Gasteiger partial charge in [0.25, 0.3) is 5.69 Å². The van der Waals surface area contributed by atoms with Gasteiger partial charge in [0.05, 0.1) is 10.5 Å². The molecule has 1 aliphatic rings. The van der Waals surface area contributed by atoms with E-state index < -0.39 is 4.92 Å². The molecule has 20 heavy (non-hydrogen) atoms. The first-order valence-corrected chi connectivity index (χ1v) is 6.46. The van der Waals surface area contributed by atoms with Crippen LogP contribution in [0.3, 0.4) is 0 Å². The molecule has 0 aliphatic heterocycles. The first-order chi connectivity index (χ1) is 9.37. The third-order valence-corrected chi connectivity index (χ3v) is 3.23. The maximum Gasteiger partial charge on any atom is 0.276 e. The molecule has 1 aliphatic carbocycles. The molecule has 0 amide bonds. The lowest BCUT2D eigenvalue weighted by Gasteiger charge is -2.28. The van der Waals surface area contributed by atoms with Crippen LogP contribution in [0, 0.1) is 15.5 Å². The van der Waals surface area contributed by atoms with E-state index in [2.05, 4.69) is 0 Å². The van der Waals surface area contributed by atoms with Crippen LogP contribution in [-0.2, 0) is 16.1 Å². The summed E-state index contributed by atoms with van der Waals surface area (Å²) in [5.41, 5.74) is 0.424. The third kappa shape index (κ3) is 3.44. The van der Waals surface area contributed by atoms with Gasteiger partial charge in [-0.1, -0.05) is 26.0 Å². The summed E-state index contributed by atoms with van der Waals surface area (Å²) in [6.45, 7) is 4.12. The number of rotatable bonds is 4. The highest BCUT2D eigenvalue weighted by atomic mass is 16.6. The predicted octanol–water partition coefficient (Wildman–Crippen LogP) is 3.38. The first-order valence-electron chi connectivity index (χ1n) is 6.46. The number of ketones is 1. The zero-order valence-electron chi connectivity index (χ0n) is 11.6. The predicted molar refractivity (Wildman–Crippen MR) is 74.0 cm³/mol. The fraction of sp³-hybridized carbons (Fsp3) is 0.400. The van der Waals surface area contributed by atoms with E-state index in [9.17, 15) is 14.9 Å². The fourth-order valence-corrected chi connectivity index (χ4v) is 2.36. The van der Waals surface area contributed by atoms with Gasteiger partial charge in [0, 0.05) is 25.0 Å². The van der Waals surface area contributed by atoms with Gasteiger partial charge in [-0.05, 0) is 11.5 Å². The van der Waals surface area contributed by atoms with Crippen molar-refractivity contribution in [3.63, 3.8) is 0 Å². The summed E-state index contributed by atoms with van der Waals surface area (Å²) in [4.78, 5) is 22.1. The van der Waals surface area contributed by atoms with Gasteiger partial charge in [0.15, 0.2) is 5.78 Å². The van der Waals surface area contributed by atoms with Gasteiger partial charge in [-0.3, -0.25) is 14.9 Å². The van der Waals surface area contributed by atoms with Crippen LogP contribution in [0.1, 0.15) is 32.3 Å². The maximum atomic E-state index is 11.6. The van der Waals surface area contributed by atoms with Crippen molar-refractivity contribution in [3.05, 3.63) is 51.8 Å². The summed E-state index contributed by atoms with van der Waals surface area (Å²) in [5, 5.41) is 10.9. The van der Waals surface area contributed by atoms with Gasteiger partial charge in [0.2, 0.25) is 0 Å². The molecule has 2 rings (SSSR count). The summed E-state index contributed by atoms with van der Waals surface area (Å²) < 4.78 is 5.60. The quantitative estimate of drug-likeness (QED) is 0.624. The number of hydrogen-bond acceptors (Lipinski definition) is 4. The van der Waals surface area contributed by atoms with Crippen molar-refractivity contribution in [2.45, 2.75) is 33.3 Å². The van der Waals surface area contributed by atoms with E-state index in [-0.39, 0.29) is 23.5 Å². The normalized spacial score (nSPS) is 17.5. The van der Waals surface area contributed by atoms with Crippen LogP contribution >= 0.6 is 0 Å². The Balaban J connectivity index is 2.10. The molecular weight excluding hydrogens is 258 g/mol. The SMILES string of the molecule is CC1(C)CC(=O)C=C(OCc2ccccc2[N+](=O)[O-])C1. The second kappa shape index (κ2) is 5.45. The molecule has 0 atom stereocenters. The van der Waals surface area contributed by atoms with Crippen LogP contribution in [0.15, 0.2) is 36.1 Å². The molecule has 0 bridgehead atoms. The largest absolute Gasteiger partial charge is 0.493 e. The lowest BCUT2D eigenvalue weighted by molar-refractivity contribution is -0.385. The highest BCUT2D eigenvalue weighted by molar-refractivity contribution is 5.91. The molecule has 0 fully saturated rings. The topological polar surface area (TPSA) is 69.4 Å². The van der Waals surface area contributed by atoms with Crippen molar-refractivity contribution in [2.24, 2.45) is 5.41 Å². The van der Waals surface area contributed by atoms with Crippen LogP contribution < -0.4 is 0 Å². The Morgan fingerprint density at radius 3 is 2.65 bits per heavy atom. The zero-order valence-corrected chi connectivity index (χ0v) is 11.6. The van der Waals surface area contributed by atoms with E-state index in [4.69, 9.17) is 4.74 Å². The van der Waals surface area contributed by atoms with Gasteiger partial charge >= 0.3 is 0 Å². The molecule has 0 N–H and O–H groups in total. The van der Waals surface area contributed by atoms with Gasteiger partial charge in [0.1, 0.15) is 12.4 Å². The van der Waals surface area contributed by atoms with Crippen molar-refractivity contribution in [2.75, 3.05) is 0 Å². The molecule has 106 valence electrons. The molecule has 1 aromatic rings. The minimum atomic E-state index is -0.428. The molecule has 0 aromatic heterocycles. The minimum absolute atomic E-state index is 0.0366. The highest BCUT2D eigenvalue weighted by Crippen LogP contribution is 2.34. The lowest BCUT2D eigenvalue weighted by Crippen LogP contribution is -2.22. The monoisotopic (exact) mass is 275 g/mol. The number of nitrogens with zero attached hydrogens (tertiary/aromatic N) is 1. The molecule has 0 saturated heterocycles. The highest BCUT2D eigenvalue weighted by Gasteiger charge is 2.28. The fourth-order valence-electron chi connectivity index (χ4n) is 2.36. The average Bonchev–Trinajstić information content (AvgIpc) is 2.34. The Labute approximate surface area is 117 Å². The second-order valence-corrected chi connectivity index (χ2v) is 5.77. The maximum absolute atomic E-state index is 11.6. The van der Waals surface area contributed by atoms with Crippen molar-refractivity contribution in [1.29, 1.82) is 0 Å². The number of para-hydroxylation sites is 1. The van der Waals surface area contributed by atoms with Crippen LogP contribution in [0.25, 0.3) is 0 Å². The average molecular weight is 275 g/mol. The Morgan fingerprint density at radius 1 is 1.30 bits per heavy atom. The second-order valence-electron chi connectivity index (χ2n) is 5.77. The smallest absolute Gasteiger partial charge is 0.276 e. The minimum Gasteiger partial charge on any atom is -0.493 e. The molecule has 0 saturated carbocycles. The van der Waals surface area contributed by atoms with E-state index in [1.54, 1.807) is 18.2 Å². The Morgan fingerprint density at radius 2 is 2.00 bits per heavy atom. The van der Waals surface area contributed by atoms with Crippen LogP contribution in [0.2, 0.25) is 0 Å². The van der Waals surface area contributed by atoms with Gasteiger partial charge < -0.3 is 4.74 Å². The summed E-state index contributed by atoms with van der Waals surface area (Å²) in [6.07, 6.45) is 2.67. The van der Waals surface area contributed by atoms with Crippen molar-refractivity contribution in [3.8, 4) is 0 Å². The van der Waals surface area contributed by atoms with Gasteiger partial charge in [-0.15, -0.1) is 0 Å². The van der Waals surface area contributed by atoms with Crippen molar-refractivity contribution >= 4 is 11.5 Å². The molecule has 0 radical (unpaired) electrons. The molecule has 0 unspecified atom stereocenters. The van der Waals surface area contributed by atoms with E-state index in [0.29, 0.717) is 24.2 Å². The standard InChI is InChI=1S/C15H17NO4/c1-15(2)8-12(17)7-13(9-15)20-10-11-5-3-4-6-14(11)16(18)19/h3-7H,8-10H2,1-2H3. The number of nitro benzene ring substituents is 1. The number of carbonyl (C=O) groups is 1. The molecule has 0 heterocycles. The molecule has 1 aromatic carbocycles.